The largest absolute Gasteiger partial charge is 0.399 e. The highest BCUT2D eigenvalue weighted by Crippen LogP contribution is 2.31. The van der Waals surface area contributed by atoms with Gasteiger partial charge in [0, 0.05) is 10.6 Å². The smallest absolute Gasteiger partial charge is 0.181 e. The number of aromatic nitrogens is 4. The SMILES string of the molecule is Cc1cc(N)cc(Sc2ncnc3nc[nH]c23)c1. The summed E-state index contributed by atoms with van der Waals surface area (Å²) in [6.45, 7) is 2.02. The van der Waals surface area contributed by atoms with E-state index >= 15 is 0 Å². The van der Waals surface area contributed by atoms with Gasteiger partial charge in [-0.2, -0.15) is 0 Å². The lowest BCUT2D eigenvalue weighted by Crippen LogP contribution is -1.89. The van der Waals surface area contributed by atoms with E-state index in [0.717, 1.165) is 26.7 Å². The van der Waals surface area contributed by atoms with Crippen molar-refractivity contribution < 1.29 is 0 Å². The van der Waals surface area contributed by atoms with Crippen molar-refractivity contribution in [2.24, 2.45) is 0 Å². The highest BCUT2D eigenvalue weighted by molar-refractivity contribution is 7.99. The van der Waals surface area contributed by atoms with Gasteiger partial charge in [0.25, 0.3) is 0 Å². The fraction of sp³-hybridized carbons (Fsp3) is 0.0833. The third kappa shape index (κ3) is 2.02. The van der Waals surface area contributed by atoms with Crippen molar-refractivity contribution in [3.63, 3.8) is 0 Å². The Bertz CT molecular complexity index is 686. The lowest BCUT2D eigenvalue weighted by molar-refractivity contribution is 1.08. The van der Waals surface area contributed by atoms with Crippen molar-refractivity contribution in [2.75, 3.05) is 5.73 Å². The molecule has 0 amide bonds. The van der Waals surface area contributed by atoms with Crippen LogP contribution in [0, 0.1) is 6.92 Å². The Kier molecular flexibility index (Phi) is 2.64. The normalized spacial score (nSPS) is 10.9. The van der Waals surface area contributed by atoms with Crippen LogP contribution in [0.2, 0.25) is 0 Å². The number of rotatable bonds is 2. The van der Waals surface area contributed by atoms with Crippen LogP contribution in [0.4, 0.5) is 5.69 Å². The molecule has 2 aromatic heterocycles. The summed E-state index contributed by atoms with van der Waals surface area (Å²) >= 11 is 1.55. The topological polar surface area (TPSA) is 80.5 Å². The molecule has 3 rings (SSSR count). The highest BCUT2D eigenvalue weighted by atomic mass is 32.2. The van der Waals surface area contributed by atoms with E-state index in [1.54, 1.807) is 18.1 Å². The zero-order valence-corrected chi connectivity index (χ0v) is 10.5. The lowest BCUT2D eigenvalue weighted by atomic mass is 10.2. The number of aryl methyl sites for hydroxylation is 1. The molecule has 1 aromatic carbocycles. The first-order valence-corrected chi connectivity index (χ1v) is 6.23. The third-order valence-electron chi connectivity index (χ3n) is 2.48. The Morgan fingerprint density at radius 3 is 2.89 bits per heavy atom. The lowest BCUT2D eigenvalue weighted by Gasteiger charge is -2.04. The molecule has 0 aliphatic carbocycles. The van der Waals surface area contributed by atoms with Crippen LogP contribution in [0.15, 0.2) is 40.8 Å². The van der Waals surface area contributed by atoms with Crippen LogP contribution >= 0.6 is 11.8 Å². The maximum Gasteiger partial charge on any atom is 0.181 e. The number of hydrogen-bond acceptors (Lipinski definition) is 5. The molecule has 3 aromatic rings. The minimum absolute atomic E-state index is 0.674. The Morgan fingerprint density at radius 2 is 2.06 bits per heavy atom. The van der Waals surface area contributed by atoms with E-state index in [9.17, 15) is 0 Å². The standard InChI is InChI=1S/C12H11N5S/c1-7-2-8(13)4-9(3-7)18-12-10-11(15-5-14-10)16-6-17-12/h2-6H,13H2,1H3,(H,14,15,16,17). The van der Waals surface area contributed by atoms with Gasteiger partial charge in [-0.3, -0.25) is 0 Å². The van der Waals surface area contributed by atoms with E-state index in [1.165, 1.54) is 6.33 Å². The van der Waals surface area contributed by atoms with E-state index in [1.807, 2.05) is 19.1 Å². The number of imidazole rings is 1. The van der Waals surface area contributed by atoms with Gasteiger partial charge < -0.3 is 10.7 Å². The molecule has 90 valence electrons. The second-order valence-corrected chi connectivity index (χ2v) is 5.02. The van der Waals surface area contributed by atoms with Crippen molar-refractivity contribution in [1.29, 1.82) is 0 Å². The summed E-state index contributed by atoms with van der Waals surface area (Å²) < 4.78 is 0. The molecule has 0 unspecified atom stereocenters. The Morgan fingerprint density at radius 1 is 1.17 bits per heavy atom. The molecular weight excluding hydrogens is 246 g/mol. The minimum Gasteiger partial charge on any atom is -0.399 e. The third-order valence-corrected chi connectivity index (χ3v) is 3.45. The molecule has 0 aliphatic heterocycles. The number of benzene rings is 1. The molecule has 3 N–H and O–H groups in total. The van der Waals surface area contributed by atoms with Gasteiger partial charge in [0.15, 0.2) is 5.65 Å². The van der Waals surface area contributed by atoms with Gasteiger partial charge >= 0.3 is 0 Å². The molecule has 0 atom stereocenters. The van der Waals surface area contributed by atoms with Crippen molar-refractivity contribution in [3.05, 3.63) is 36.4 Å². The average molecular weight is 257 g/mol. The number of anilines is 1. The molecule has 0 radical (unpaired) electrons. The summed E-state index contributed by atoms with van der Waals surface area (Å²) in [7, 11) is 0. The van der Waals surface area contributed by atoms with Crippen LogP contribution in [-0.2, 0) is 0 Å². The van der Waals surface area contributed by atoms with Gasteiger partial charge in [0.05, 0.1) is 6.33 Å². The minimum atomic E-state index is 0.674. The van der Waals surface area contributed by atoms with E-state index < -0.39 is 0 Å². The number of nitrogen functional groups attached to an aromatic ring is 1. The summed E-state index contributed by atoms with van der Waals surface area (Å²) in [5.41, 5.74) is 9.25. The van der Waals surface area contributed by atoms with Crippen LogP contribution in [0.25, 0.3) is 11.2 Å². The number of nitrogens with two attached hydrogens (primary N) is 1. The van der Waals surface area contributed by atoms with Gasteiger partial charge in [-0.25, -0.2) is 15.0 Å². The van der Waals surface area contributed by atoms with E-state index in [2.05, 4.69) is 26.0 Å². The van der Waals surface area contributed by atoms with Crippen LogP contribution in [0.5, 0.6) is 0 Å². The van der Waals surface area contributed by atoms with Gasteiger partial charge in [-0.1, -0.05) is 11.8 Å². The molecule has 0 saturated heterocycles. The second kappa shape index (κ2) is 4.30. The Labute approximate surface area is 108 Å². The van der Waals surface area contributed by atoms with Crippen LogP contribution in [-0.4, -0.2) is 19.9 Å². The molecule has 5 nitrogen and oxygen atoms in total. The van der Waals surface area contributed by atoms with Crippen LogP contribution in [0.1, 0.15) is 5.56 Å². The fourth-order valence-electron chi connectivity index (χ4n) is 1.77. The number of fused-ring (bicyclic) bond motifs is 1. The first-order chi connectivity index (χ1) is 8.72. The predicted molar refractivity (Wildman–Crippen MR) is 71.4 cm³/mol. The molecule has 18 heavy (non-hydrogen) atoms. The zero-order valence-electron chi connectivity index (χ0n) is 9.71. The van der Waals surface area contributed by atoms with Crippen molar-refractivity contribution >= 4 is 28.6 Å². The molecule has 0 spiro atoms. The highest BCUT2D eigenvalue weighted by Gasteiger charge is 2.08. The molecular formula is C12H11N5S. The summed E-state index contributed by atoms with van der Waals surface area (Å²) in [5, 5.41) is 0.850. The molecule has 0 saturated carbocycles. The average Bonchev–Trinajstić information content (AvgIpc) is 2.76. The number of hydrogen-bond donors (Lipinski definition) is 2. The number of H-pyrrole nitrogens is 1. The first-order valence-electron chi connectivity index (χ1n) is 5.41. The second-order valence-electron chi connectivity index (χ2n) is 3.96. The van der Waals surface area contributed by atoms with E-state index in [0.29, 0.717) is 5.65 Å². The van der Waals surface area contributed by atoms with Crippen LogP contribution in [0.3, 0.4) is 0 Å². The summed E-state index contributed by atoms with van der Waals surface area (Å²) in [6, 6.07) is 5.95. The maximum absolute atomic E-state index is 5.84. The molecule has 0 fully saturated rings. The molecule has 6 heteroatoms. The number of nitrogens with one attached hydrogen (secondary N) is 1. The predicted octanol–water partition coefficient (Wildman–Crippen LogP) is 2.39. The Hall–Kier alpha value is -2.08. The van der Waals surface area contributed by atoms with Crippen molar-refractivity contribution in [3.8, 4) is 0 Å². The van der Waals surface area contributed by atoms with E-state index in [4.69, 9.17) is 5.73 Å². The molecule has 0 bridgehead atoms. The first kappa shape index (κ1) is 11.0. The number of nitrogens with zero attached hydrogens (tertiary/aromatic N) is 3. The van der Waals surface area contributed by atoms with Gasteiger partial charge in [-0.15, -0.1) is 0 Å². The van der Waals surface area contributed by atoms with E-state index in [-0.39, 0.29) is 0 Å². The summed E-state index contributed by atoms with van der Waals surface area (Å²) in [5.74, 6) is 0. The number of aromatic amines is 1. The summed E-state index contributed by atoms with van der Waals surface area (Å²) in [6.07, 6.45) is 3.14. The fourth-order valence-corrected chi connectivity index (χ4v) is 2.78. The van der Waals surface area contributed by atoms with Crippen LogP contribution < -0.4 is 5.73 Å². The molecule has 0 aliphatic rings. The maximum atomic E-state index is 5.84. The van der Waals surface area contributed by atoms with Gasteiger partial charge in [-0.05, 0) is 30.7 Å². The summed E-state index contributed by atoms with van der Waals surface area (Å²) in [4.78, 5) is 16.6. The quantitative estimate of drug-likeness (QED) is 0.544. The zero-order chi connectivity index (χ0) is 12.5. The van der Waals surface area contributed by atoms with Crippen molar-refractivity contribution in [2.45, 2.75) is 16.8 Å². The Balaban J connectivity index is 2.03. The van der Waals surface area contributed by atoms with Crippen molar-refractivity contribution in [1.82, 2.24) is 19.9 Å². The monoisotopic (exact) mass is 257 g/mol. The van der Waals surface area contributed by atoms with Gasteiger partial charge in [0.1, 0.15) is 16.9 Å². The van der Waals surface area contributed by atoms with Gasteiger partial charge in [0.2, 0.25) is 0 Å². The molecule has 2 heterocycles.